The Morgan fingerprint density at radius 1 is 1.52 bits per heavy atom. The Balaban J connectivity index is 2.60. The number of carboxylic acid groups (broad SMARTS) is 1. The number of benzene rings is 1. The van der Waals surface area contributed by atoms with Gasteiger partial charge in [-0.2, -0.15) is 0 Å². The summed E-state index contributed by atoms with van der Waals surface area (Å²) in [6.45, 7) is 4.64. The first kappa shape index (κ1) is 16.5. The molecule has 0 aliphatic carbocycles. The second kappa shape index (κ2) is 7.88. The highest BCUT2D eigenvalue weighted by molar-refractivity contribution is 5.80. The first-order chi connectivity index (χ1) is 9.93. The van der Waals surface area contributed by atoms with Gasteiger partial charge >= 0.3 is 12.1 Å². The molecule has 1 atom stereocenters. The lowest BCUT2D eigenvalue weighted by Gasteiger charge is -2.16. The molecule has 0 bridgehead atoms. The molecule has 1 rings (SSSR count). The zero-order chi connectivity index (χ0) is 15.8. The van der Waals surface area contributed by atoms with Gasteiger partial charge in [-0.05, 0) is 30.7 Å². The maximum Gasteiger partial charge on any atom is 0.408 e. The van der Waals surface area contributed by atoms with Gasteiger partial charge in [-0.3, -0.25) is 0 Å². The Kier molecular flexibility index (Phi) is 6.19. The predicted octanol–water partition coefficient (Wildman–Crippen LogP) is 1.88. The minimum atomic E-state index is -1.29. The van der Waals surface area contributed by atoms with E-state index in [9.17, 15) is 14.0 Å². The van der Waals surface area contributed by atoms with Crippen LogP contribution in [0.4, 0.5) is 9.18 Å². The van der Waals surface area contributed by atoms with Gasteiger partial charge in [-0.1, -0.05) is 12.7 Å². The van der Waals surface area contributed by atoms with Crippen molar-refractivity contribution in [3.8, 4) is 5.75 Å². The van der Waals surface area contributed by atoms with E-state index in [0.717, 1.165) is 0 Å². The zero-order valence-electron chi connectivity index (χ0n) is 11.5. The second-order valence-electron chi connectivity index (χ2n) is 4.14. The van der Waals surface area contributed by atoms with Gasteiger partial charge in [0.05, 0.1) is 0 Å². The molecule has 0 aliphatic rings. The Labute approximate surface area is 121 Å². The quantitative estimate of drug-likeness (QED) is 0.751. The maximum absolute atomic E-state index is 12.9. The van der Waals surface area contributed by atoms with E-state index < -0.39 is 23.9 Å². The van der Waals surface area contributed by atoms with Crippen molar-refractivity contribution < 1.29 is 28.6 Å². The monoisotopic (exact) mass is 297 g/mol. The zero-order valence-corrected chi connectivity index (χ0v) is 11.5. The molecular formula is C14H16FNO5. The van der Waals surface area contributed by atoms with Crippen molar-refractivity contribution in [2.75, 3.05) is 13.2 Å². The molecule has 0 saturated carbocycles. The minimum Gasteiger partial charge on any atom is -0.491 e. The summed E-state index contributed by atoms with van der Waals surface area (Å²) in [5, 5.41) is 11.2. The Hall–Kier alpha value is -2.57. The van der Waals surface area contributed by atoms with Crippen LogP contribution < -0.4 is 10.1 Å². The number of carbonyl (C=O) groups excluding carboxylic acids is 1. The molecular weight excluding hydrogens is 281 g/mol. The summed E-state index contributed by atoms with van der Waals surface area (Å²) >= 11 is 0. The van der Waals surface area contributed by atoms with Crippen LogP contribution in [0.1, 0.15) is 5.56 Å². The van der Waals surface area contributed by atoms with E-state index in [1.54, 1.807) is 6.92 Å². The number of hydrogen-bond donors (Lipinski definition) is 2. The highest BCUT2D eigenvalue weighted by Gasteiger charge is 2.21. The van der Waals surface area contributed by atoms with Crippen molar-refractivity contribution in [2.24, 2.45) is 0 Å². The van der Waals surface area contributed by atoms with Crippen LogP contribution in [-0.4, -0.2) is 36.4 Å². The fourth-order valence-electron chi connectivity index (χ4n) is 1.44. The molecule has 0 radical (unpaired) electrons. The van der Waals surface area contributed by atoms with Crippen LogP contribution in [0.2, 0.25) is 0 Å². The fourth-order valence-corrected chi connectivity index (χ4v) is 1.44. The van der Waals surface area contributed by atoms with Crippen LogP contribution in [0.5, 0.6) is 5.75 Å². The summed E-state index contributed by atoms with van der Waals surface area (Å²) in [7, 11) is 0. The number of aryl methyl sites for hydroxylation is 1. The molecule has 0 heterocycles. The maximum atomic E-state index is 12.9. The van der Waals surface area contributed by atoms with Gasteiger partial charge in [0.25, 0.3) is 0 Å². The number of amides is 1. The van der Waals surface area contributed by atoms with E-state index in [1.807, 2.05) is 0 Å². The summed E-state index contributed by atoms with van der Waals surface area (Å²) in [6.07, 6.45) is 0.468. The SMILES string of the molecule is C=CCOC(=O)NC(COc1ccc(F)cc1C)C(=O)O. The highest BCUT2D eigenvalue weighted by atomic mass is 19.1. The number of hydrogen-bond acceptors (Lipinski definition) is 4. The van der Waals surface area contributed by atoms with E-state index >= 15 is 0 Å². The van der Waals surface area contributed by atoms with E-state index in [-0.39, 0.29) is 13.2 Å². The number of halogens is 1. The van der Waals surface area contributed by atoms with Crippen molar-refractivity contribution in [2.45, 2.75) is 13.0 Å². The normalized spacial score (nSPS) is 11.3. The molecule has 0 fully saturated rings. The molecule has 0 aliphatic heterocycles. The smallest absolute Gasteiger partial charge is 0.408 e. The lowest BCUT2D eigenvalue weighted by molar-refractivity contribution is -0.140. The van der Waals surface area contributed by atoms with Gasteiger partial charge in [-0.25, -0.2) is 14.0 Å². The van der Waals surface area contributed by atoms with Crippen LogP contribution >= 0.6 is 0 Å². The standard InChI is InChI=1S/C14H16FNO5/c1-3-6-20-14(19)16-11(13(17)18)8-21-12-5-4-10(15)7-9(12)2/h3-5,7,11H,1,6,8H2,2H3,(H,16,19)(H,17,18). The summed E-state index contributed by atoms with van der Waals surface area (Å²) in [5.41, 5.74) is 0.522. The lowest BCUT2D eigenvalue weighted by Crippen LogP contribution is -2.45. The second-order valence-corrected chi connectivity index (χ2v) is 4.14. The average molecular weight is 297 g/mol. The van der Waals surface area contributed by atoms with E-state index in [0.29, 0.717) is 11.3 Å². The first-order valence-electron chi connectivity index (χ1n) is 6.10. The molecule has 21 heavy (non-hydrogen) atoms. The summed E-state index contributed by atoms with van der Waals surface area (Å²) in [6, 6.07) is 2.56. The van der Waals surface area contributed by atoms with Crippen LogP contribution in [-0.2, 0) is 9.53 Å². The third-order valence-electron chi connectivity index (χ3n) is 2.46. The topological polar surface area (TPSA) is 84.9 Å². The summed E-state index contributed by atoms with van der Waals surface area (Å²) < 4.78 is 22.8. The molecule has 2 N–H and O–H groups in total. The third-order valence-corrected chi connectivity index (χ3v) is 2.46. The molecule has 0 saturated heterocycles. The van der Waals surface area contributed by atoms with Crippen molar-refractivity contribution in [3.05, 3.63) is 42.2 Å². The van der Waals surface area contributed by atoms with E-state index in [4.69, 9.17) is 9.84 Å². The lowest BCUT2D eigenvalue weighted by atomic mass is 10.2. The number of ether oxygens (including phenoxy) is 2. The van der Waals surface area contributed by atoms with Crippen LogP contribution in [0, 0.1) is 12.7 Å². The highest BCUT2D eigenvalue weighted by Crippen LogP contribution is 2.18. The number of aliphatic carboxylic acids is 1. The van der Waals surface area contributed by atoms with Gasteiger partial charge in [0.1, 0.15) is 24.8 Å². The van der Waals surface area contributed by atoms with E-state index in [2.05, 4.69) is 16.6 Å². The molecule has 0 aromatic heterocycles. The molecule has 1 aromatic carbocycles. The number of nitrogens with one attached hydrogen (secondary N) is 1. The number of carbonyl (C=O) groups is 2. The van der Waals surface area contributed by atoms with Crippen molar-refractivity contribution >= 4 is 12.1 Å². The fraction of sp³-hybridized carbons (Fsp3) is 0.286. The molecule has 1 unspecified atom stereocenters. The minimum absolute atomic E-state index is 0.0316. The number of alkyl carbamates (subject to hydrolysis) is 1. The van der Waals surface area contributed by atoms with Crippen LogP contribution in [0.25, 0.3) is 0 Å². The first-order valence-corrected chi connectivity index (χ1v) is 6.10. The third kappa shape index (κ3) is 5.52. The molecule has 0 spiro atoms. The van der Waals surface area contributed by atoms with Crippen molar-refractivity contribution in [3.63, 3.8) is 0 Å². The van der Waals surface area contributed by atoms with Crippen molar-refractivity contribution in [1.29, 1.82) is 0 Å². The molecule has 1 aromatic rings. The van der Waals surface area contributed by atoms with Gasteiger partial charge < -0.3 is 19.9 Å². The summed E-state index contributed by atoms with van der Waals surface area (Å²) in [4.78, 5) is 22.3. The van der Waals surface area contributed by atoms with Gasteiger partial charge in [0.15, 0.2) is 6.04 Å². The molecule has 6 nitrogen and oxygen atoms in total. The van der Waals surface area contributed by atoms with E-state index in [1.165, 1.54) is 24.3 Å². The Bertz CT molecular complexity index is 532. The van der Waals surface area contributed by atoms with Crippen LogP contribution in [0.15, 0.2) is 30.9 Å². The Morgan fingerprint density at radius 2 is 2.24 bits per heavy atom. The molecule has 114 valence electrons. The van der Waals surface area contributed by atoms with Crippen molar-refractivity contribution in [1.82, 2.24) is 5.32 Å². The predicted molar refractivity (Wildman–Crippen MR) is 72.7 cm³/mol. The molecule has 1 amide bonds. The summed E-state index contributed by atoms with van der Waals surface area (Å²) in [5.74, 6) is -1.35. The number of rotatable bonds is 7. The van der Waals surface area contributed by atoms with Gasteiger partial charge in [0.2, 0.25) is 0 Å². The number of carboxylic acids is 1. The van der Waals surface area contributed by atoms with Gasteiger partial charge in [-0.15, -0.1) is 0 Å². The molecule has 7 heteroatoms. The van der Waals surface area contributed by atoms with Gasteiger partial charge in [0, 0.05) is 0 Å². The Morgan fingerprint density at radius 3 is 2.81 bits per heavy atom. The average Bonchev–Trinajstić information content (AvgIpc) is 2.42. The largest absolute Gasteiger partial charge is 0.491 e. The van der Waals surface area contributed by atoms with Crippen LogP contribution in [0.3, 0.4) is 0 Å².